The molecule has 7 heteroatoms. The predicted octanol–water partition coefficient (Wildman–Crippen LogP) is 1.40. The molecular weight excluding hydrogens is 310 g/mol. The standard InChI is InChI=1S/C17H19N3O4/c1-20-11-18-15-14(19-24-10-9-23-8-7-22-2)12-5-3-4-6-13(12)17(21)16(15)20/h3-6,11H,7-10H2,1-2H3. The highest BCUT2D eigenvalue weighted by Crippen LogP contribution is 2.26. The van der Waals surface area contributed by atoms with E-state index in [4.69, 9.17) is 14.3 Å². The second-order valence-corrected chi connectivity index (χ2v) is 5.31. The highest BCUT2D eigenvalue weighted by Gasteiger charge is 2.32. The van der Waals surface area contributed by atoms with Crippen molar-refractivity contribution < 1.29 is 19.1 Å². The molecule has 0 N–H and O–H groups in total. The van der Waals surface area contributed by atoms with E-state index in [1.54, 1.807) is 31.1 Å². The molecule has 0 aliphatic heterocycles. The Labute approximate surface area is 139 Å². The van der Waals surface area contributed by atoms with Crippen molar-refractivity contribution in [2.24, 2.45) is 12.2 Å². The molecule has 1 aliphatic rings. The van der Waals surface area contributed by atoms with Crippen molar-refractivity contribution >= 4 is 11.5 Å². The van der Waals surface area contributed by atoms with E-state index in [1.807, 2.05) is 18.2 Å². The lowest BCUT2D eigenvalue weighted by Crippen LogP contribution is -2.23. The van der Waals surface area contributed by atoms with Crippen molar-refractivity contribution in [3.63, 3.8) is 0 Å². The van der Waals surface area contributed by atoms with Crippen molar-refractivity contribution in [1.29, 1.82) is 0 Å². The number of oxime groups is 1. The number of carbonyl (C=O) groups excluding carboxylic acids is 1. The van der Waals surface area contributed by atoms with Gasteiger partial charge < -0.3 is 18.9 Å². The molecular formula is C17H19N3O4. The minimum absolute atomic E-state index is 0.0533. The fraction of sp³-hybridized carbons (Fsp3) is 0.353. The van der Waals surface area contributed by atoms with E-state index in [-0.39, 0.29) is 5.78 Å². The second kappa shape index (κ2) is 7.37. The molecule has 3 rings (SSSR count). The van der Waals surface area contributed by atoms with Crippen LogP contribution in [0.4, 0.5) is 0 Å². The Morgan fingerprint density at radius 3 is 2.67 bits per heavy atom. The lowest BCUT2D eigenvalue weighted by molar-refractivity contribution is 0.0266. The van der Waals surface area contributed by atoms with E-state index < -0.39 is 0 Å². The highest BCUT2D eigenvalue weighted by molar-refractivity contribution is 6.28. The maximum Gasteiger partial charge on any atom is 0.212 e. The zero-order valence-electron chi connectivity index (χ0n) is 13.7. The smallest absolute Gasteiger partial charge is 0.212 e. The summed E-state index contributed by atoms with van der Waals surface area (Å²) in [6, 6.07) is 7.34. The molecule has 7 nitrogen and oxygen atoms in total. The topological polar surface area (TPSA) is 74.9 Å². The van der Waals surface area contributed by atoms with Crippen LogP contribution >= 0.6 is 0 Å². The minimum atomic E-state index is -0.0533. The summed E-state index contributed by atoms with van der Waals surface area (Å²) in [4.78, 5) is 22.3. The molecule has 0 saturated heterocycles. The molecule has 2 aromatic rings. The molecule has 0 bridgehead atoms. The molecule has 1 aromatic carbocycles. The van der Waals surface area contributed by atoms with Crippen molar-refractivity contribution in [2.45, 2.75) is 0 Å². The molecule has 0 saturated carbocycles. The molecule has 126 valence electrons. The first-order chi connectivity index (χ1) is 11.7. The van der Waals surface area contributed by atoms with Gasteiger partial charge in [0.2, 0.25) is 5.78 Å². The van der Waals surface area contributed by atoms with Gasteiger partial charge >= 0.3 is 0 Å². The number of hydrogen-bond donors (Lipinski definition) is 0. The van der Waals surface area contributed by atoms with Gasteiger partial charge in [0, 0.05) is 25.3 Å². The Morgan fingerprint density at radius 2 is 1.88 bits per heavy atom. The van der Waals surface area contributed by atoms with Crippen LogP contribution in [0.3, 0.4) is 0 Å². The SMILES string of the molecule is COCCOCCON=C1c2ccccc2C(=O)c2c1ncn2C. The highest BCUT2D eigenvalue weighted by atomic mass is 16.6. The molecule has 0 radical (unpaired) electrons. The number of aromatic nitrogens is 2. The number of fused-ring (bicyclic) bond motifs is 2. The van der Waals surface area contributed by atoms with E-state index >= 15 is 0 Å². The normalized spacial score (nSPS) is 14.6. The number of hydrogen-bond acceptors (Lipinski definition) is 6. The van der Waals surface area contributed by atoms with E-state index in [9.17, 15) is 4.79 Å². The summed E-state index contributed by atoms with van der Waals surface area (Å²) in [7, 11) is 3.41. The number of benzene rings is 1. The summed E-state index contributed by atoms with van der Waals surface area (Å²) in [5.41, 5.74) is 2.97. The van der Waals surface area contributed by atoms with Crippen LogP contribution in [0.2, 0.25) is 0 Å². The number of carbonyl (C=O) groups is 1. The summed E-state index contributed by atoms with van der Waals surface area (Å²) in [6.07, 6.45) is 1.61. The number of aryl methyl sites for hydroxylation is 1. The summed E-state index contributed by atoms with van der Waals surface area (Å²) in [5.74, 6) is -0.0533. The van der Waals surface area contributed by atoms with Gasteiger partial charge in [-0.1, -0.05) is 29.4 Å². The van der Waals surface area contributed by atoms with Crippen LogP contribution in [-0.4, -0.2) is 54.6 Å². The third-order valence-electron chi connectivity index (χ3n) is 3.71. The first-order valence-electron chi connectivity index (χ1n) is 7.66. The van der Waals surface area contributed by atoms with Crippen LogP contribution < -0.4 is 0 Å². The van der Waals surface area contributed by atoms with Crippen LogP contribution in [0.25, 0.3) is 0 Å². The van der Waals surface area contributed by atoms with Crippen molar-refractivity contribution in [2.75, 3.05) is 33.5 Å². The molecule has 0 unspecified atom stereocenters. The molecule has 0 spiro atoms. The van der Waals surface area contributed by atoms with Gasteiger partial charge in [0.1, 0.15) is 23.7 Å². The average Bonchev–Trinajstić information content (AvgIpc) is 2.98. The number of imidazole rings is 1. The van der Waals surface area contributed by atoms with E-state index in [2.05, 4.69) is 10.1 Å². The van der Waals surface area contributed by atoms with E-state index in [0.717, 1.165) is 5.56 Å². The summed E-state index contributed by atoms with van der Waals surface area (Å²) >= 11 is 0. The molecule has 1 heterocycles. The monoisotopic (exact) mass is 329 g/mol. The Balaban J connectivity index is 1.79. The maximum absolute atomic E-state index is 12.6. The minimum Gasteiger partial charge on any atom is -0.393 e. The van der Waals surface area contributed by atoms with Gasteiger partial charge in [0.15, 0.2) is 0 Å². The van der Waals surface area contributed by atoms with Crippen LogP contribution in [0.5, 0.6) is 0 Å². The first-order valence-corrected chi connectivity index (χ1v) is 7.66. The number of ketones is 1. The molecule has 0 atom stereocenters. The zero-order valence-corrected chi connectivity index (χ0v) is 13.7. The summed E-state index contributed by atoms with van der Waals surface area (Å²) in [5, 5.41) is 4.21. The van der Waals surface area contributed by atoms with Crippen molar-refractivity contribution in [3.8, 4) is 0 Å². The van der Waals surface area contributed by atoms with Gasteiger partial charge in [-0.2, -0.15) is 0 Å². The molecule has 0 amide bonds. The van der Waals surface area contributed by atoms with Gasteiger partial charge in [-0.15, -0.1) is 0 Å². The lowest BCUT2D eigenvalue weighted by atomic mass is 9.89. The Morgan fingerprint density at radius 1 is 1.12 bits per heavy atom. The fourth-order valence-corrected chi connectivity index (χ4v) is 2.56. The van der Waals surface area contributed by atoms with Gasteiger partial charge in [0.25, 0.3) is 0 Å². The Bertz CT molecular complexity index is 767. The molecule has 24 heavy (non-hydrogen) atoms. The number of rotatable bonds is 7. The Kier molecular flexibility index (Phi) is 5.02. The average molecular weight is 329 g/mol. The molecule has 1 aliphatic carbocycles. The maximum atomic E-state index is 12.6. The quantitative estimate of drug-likeness (QED) is 0.484. The van der Waals surface area contributed by atoms with E-state index in [1.165, 1.54) is 0 Å². The molecule has 1 aromatic heterocycles. The fourth-order valence-electron chi connectivity index (χ4n) is 2.56. The van der Waals surface area contributed by atoms with Gasteiger partial charge in [-0.05, 0) is 0 Å². The van der Waals surface area contributed by atoms with Crippen LogP contribution in [0.1, 0.15) is 27.3 Å². The van der Waals surface area contributed by atoms with Crippen molar-refractivity contribution in [3.05, 3.63) is 53.1 Å². The second-order valence-electron chi connectivity index (χ2n) is 5.31. The van der Waals surface area contributed by atoms with Crippen LogP contribution in [0.15, 0.2) is 35.7 Å². The third-order valence-corrected chi connectivity index (χ3v) is 3.71. The number of methoxy groups -OCH3 is 1. The van der Waals surface area contributed by atoms with E-state index in [0.29, 0.717) is 49.1 Å². The van der Waals surface area contributed by atoms with Gasteiger partial charge in [-0.25, -0.2) is 4.98 Å². The Hall–Kier alpha value is -2.51. The number of nitrogens with zero attached hydrogens (tertiary/aromatic N) is 3. The summed E-state index contributed by atoms with van der Waals surface area (Å²) < 4.78 is 11.9. The largest absolute Gasteiger partial charge is 0.393 e. The molecule has 0 fully saturated rings. The zero-order chi connectivity index (χ0) is 16.9. The first kappa shape index (κ1) is 16.4. The van der Waals surface area contributed by atoms with Gasteiger partial charge in [-0.3, -0.25) is 4.79 Å². The summed E-state index contributed by atoms with van der Waals surface area (Å²) in [6.45, 7) is 1.78. The number of ether oxygens (including phenoxy) is 2. The third kappa shape index (κ3) is 3.08. The predicted molar refractivity (Wildman–Crippen MR) is 87.4 cm³/mol. The van der Waals surface area contributed by atoms with Crippen molar-refractivity contribution in [1.82, 2.24) is 9.55 Å². The van der Waals surface area contributed by atoms with Crippen LogP contribution in [-0.2, 0) is 21.4 Å². The van der Waals surface area contributed by atoms with Gasteiger partial charge in [0.05, 0.1) is 26.1 Å². The lowest BCUT2D eigenvalue weighted by Gasteiger charge is -2.17. The van der Waals surface area contributed by atoms with Crippen LogP contribution in [0, 0.1) is 0 Å².